The second-order valence-electron chi connectivity index (χ2n) is 6.11. The van der Waals surface area contributed by atoms with Gasteiger partial charge in [-0.1, -0.05) is 18.2 Å². The molecule has 0 aliphatic heterocycles. The summed E-state index contributed by atoms with van der Waals surface area (Å²) in [5, 5.41) is 4.90. The van der Waals surface area contributed by atoms with E-state index in [9.17, 15) is 9.59 Å². The number of fused-ring (bicyclic) bond motifs is 1. The maximum absolute atomic E-state index is 12.6. The molecule has 5 heteroatoms. The molecule has 2 aromatic carbocycles. The summed E-state index contributed by atoms with van der Waals surface area (Å²) in [6.45, 7) is 0. The van der Waals surface area contributed by atoms with Crippen LogP contribution in [-0.4, -0.2) is 11.7 Å². The van der Waals surface area contributed by atoms with Crippen molar-refractivity contribution in [3.8, 4) is 10.4 Å². The van der Waals surface area contributed by atoms with Gasteiger partial charge >= 0.3 is 0 Å². The molecule has 0 spiro atoms. The van der Waals surface area contributed by atoms with Gasteiger partial charge in [0, 0.05) is 23.3 Å². The average molecular weight is 348 g/mol. The van der Waals surface area contributed by atoms with Crippen LogP contribution in [0.15, 0.2) is 53.9 Å². The van der Waals surface area contributed by atoms with Gasteiger partial charge in [0.15, 0.2) is 0 Å². The molecule has 0 atom stereocenters. The molecule has 124 valence electrons. The molecule has 0 radical (unpaired) electrons. The molecule has 0 saturated heterocycles. The number of nitrogens with two attached hydrogens (primary N) is 1. The van der Waals surface area contributed by atoms with Gasteiger partial charge in [-0.05, 0) is 52.4 Å². The van der Waals surface area contributed by atoms with E-state index in [0.717, 1.165) is 21.6 Å². The van der Waals surface area contributed by atoms with Crippen LogP contribution in [0.2, 0.25) is 0 Å². The quantitative estimate of drug-likeness (QED) is 0.705. The first-order valence-corrected chi connectivity index (χ1v) is 8.86. The first-order valence-electron chi connectivity index (χ1n) is 7.98. The Hall–Kier alpha value is -2.92. The molecule has 4 rings (SSSR count). The van der Waals surface area contributed by atoms with E-state index in [1.807, 2.05) is 35.7 Å². The Morgan fingerprint density at radius 2 is 1.88 bits per heavy atom. The Labute approximate surface area is 149 Å². The van der Waals surface area contributed by atoms with Crippen molar-refractivity contribution in [2.45, 2.75) is 12.8 Å². The van der Waals surface area contributed by atoms with E-state index in [0.29, 0.717) is 29.8 Å². The standard InChI is InChI=1S/C20H16N2O2S/c21-17-6-5-13(19-2-1-7-25-19)11-18(17)22-20(24)14-4-3-12-9-16(23)10-15(12)8-14/h1-8,11H,9-10,21H2,(H,22,24). The SMILES string of the molecule is Nc1ccc(-c2cccs2)cc1NC(=O)c1ccc2c(c1)CC(=O)C2. The van der Waals surface area contributed by atoms with E-state index in [1.165, 1.54) is 0 Å². The molecular formula is C20H16N2O2S. The topological polar surface area (TPSA) is 72.2 Å². The number of benzene rings is 2. The van der Waals surface area contributed by atoms with Crippen LogP contribution < -0.4 is 11.1 Å². The fourth-order valence-corrected chi connectivity index (χ4v) is 3.77. The zero-order valence-corrected chi connectivity index (χ0v) is 14.2. The Bertz CT molecular complexity index is 977. The molecule has 0 saturated carbocycles. The number of rotatable bonds is 3. The Balaban J connectivity index is 1.60. The minimum atomic E-state index is -0.225. The van der Waals surface area contributed by atoms with E-state index < -0.39 is 0 Å². The third kappa shape index (κ3) is 3.06. The molecule has 1 aliphatic carbocycles. The molecule has 25 heavy (non-hydrogen) atoms. The van der Waals surface area contributed by atoms with Crippen molar-refractivity contribution in [1.29, 1.82) is 0 Å². The first-order chi connectivity index (χ1) is 12.1. The number of carbonyl (C=O) groups excluding carboxylic acids is 2. The van der Waals surface area contributed by atoms with Gasteiger partial charge in [-0.2, -0.15) is 0 Å². The fourth-order valence-electron chi connectivity index (χ4n) is 3.05. The summed E-state index contributed by atoms with van der Waals surface area (Å²) in [7, 11) is 0. The fraction of sp³-hybridized carbons (Fsp3) is 0.100. The van der Waals surface area contributed by atoms with Crippen molar-refractivity contribution in [3.63, 3.8) is 0 Å². The Morgan fingerprint density at radius 1 is 1.04 bits per heavy atom. The lowest BCUT2D eigenvalue weighted by Crippen LogP contribution is -2.13. The highest BCUT2D eigenvalue weighted by Gasteiger charge is 2.20. The minimum Gasteiger partial charge on any atom is -0.397 e. The number of carbonyl (C=O) groups is 2. The van der Waals surface area contributed by atoms with E-state index >= 15 is 0 Å². The van der Waals surface area contributed by atoms with E-state index in [2.05, 4.69) is 5.32 Å². The molecule has 1 aromatic heterocycles. The summed E-state index contributed by atoms with van der Waals surface area (Å²) in [4.78, 5) is 25.3. The van der Waals surface area contributed by atoms with Crippen LogP contribution in [0.25, 0.3) is 10.4 Å². The maximum atomic E-state index is 12.6. The number of ketones is 1. The molecule has 4 nitrogen and oxygen atoms in total. The lowest BCUT2D eigenvalue weighted by atomic mass is 10.1. The molecular weight excluding hydrogens is 332 g/mol. The van der Waals surface area contributed by atoms with Crippen LogP contribution in [0.5, 0.6) is 0 Å². The van der Waals surface area contributed by atoms with Gasteiger partial charge < -0.3 is 11.1 Å². The summed E-state index contributed by atoms with van der Waals surface area (Å²) in [6.07, 6.45) is 0.874. The summed E-state index contributed by atoms with van der Waals surface area (Å²) in [5.74, 6) is -0.0300. The number of nitrogens with one attached hydrogen (secondary N) is 1. The van der Waals surface area contributed by atoms with Gasteiger partial charge in [0.25, 0.3) is 5.91 Å². The highest BCUT2D eigenvalue weighted by molar-refractivity contribution is 7.13. The van der Waals surface area contributed by atoms with Gasteiger partial charge in [0.2, 0.25) is 0 Å². The number of amides is 1. The molecule has 0 unspecified atom stereocenters. The second kappa shape index (κ2) is 6.18. The molecule has 1 aliphatic rings. The van der Waals surface area contributed by atoms with Crippen molar-refractivity contribution in [3.05, 3.63) is 70.6 Å². The van der Waals surface area contributed by atoms with Gasteiger partial charge in [0.1, 0.15) is 5.78 Å². The number of hydrogen-bond acceptors (Lipinski definition) is 4. The number of nitrogen functional groups attached to an aromatic ring is 1. The van der Waals surface area contributed by atoms with Crippen LogP contribution >= 0.6 is 11.3 Å². The van der Waals surface area contributed by atoms with E-state index in [4.69, 9.17) is 5.73 Å². The van der Waals surface area contributed by atoms with Crippen LogP contribution in [-0.2, 0) is 17.6 Å². The van der Waals surface area contributed by atoms with Crippen LogP contribution in [0.1, 0.15) is 21.5 Å². The van der Waals surface area contributed by atoms with Crippen LogP contribution in [0.3, 0.4) is 0 Å². The van der Waals surface area contributed by atoms with E-state index in [-0.39, 0.29) is 11.7 Å². The minimum absolute atomic E-state index is 0.195. The van der Waals surface area contributed by atoms with Crippen LogP contribution in [0.4, 0.5) is 11.4 Å². The number of Topliss-reactive ketones (excluding diaryl/α,β-unsaturated/α-hetero) is 1. The predicted molar refractivity (Wildman–Crippen MR) is 101 cm³/mol. The lowest BCUT2D eigenvalue weighted by molar-refractivity contribution is -0.117. The molecule has 0 fully saturated rings. The van der Waals surface area contributed by atoms with Crippen molar-refractivity contribution in [2.24, 2.45) is 0 Å². The Kier molecular flexibility index (Phi) is 3.86. The molecule has 3 N–H and O–H groups in total. The highest BCUT2D eigenvalue weighted by Crippen LogP contribution is 2.30. The van der Waals surface area contributed by atoms with Gasteiger partial charge in [-0.15, -0.1) is 11.3 Å². The average Bonchev–Trinajstić information content (AvgIpc) is 3.24. The maximum Gasteiger partial charge on any atom is 0.255 e. The normalized spacial score (nSPS) is 12.9. The molecule has 1 amide bonds. The smallest absolute Gasteiger partial charge is 0.255 e. The third-order valence-corrected chi connectivity index (χ3v) is 5.27. The summed E-state index contributed by atoms with van der Waals surface area (Å²) in [5.41, 5.74) is 10.6. The zero-order chi connectivity index (χ0) is 17.4. The molecule has 0 bridgehead atoms. The zero-order valence-electron chi connectivity index (χ0n) is 13.4. The van der Waals surface area contributed by atoms with Gasteiger partial charge in [-0.25, -0.2) is 0 Å². The summed E-state index contributed by atoms with van der Waals surface area (Å²) >= 11 is 1.63. The van der Waals surface area contributed by atoms with Gasteiger partial charge in [-0.3, -0.25) is 9.59 Å². The highest BCUT2D eigenvalue weighted by atomic mass is 32.1. The monoisotopic (exact) mass is 348 g/mol. The van der Waals surface area contributed by atoms with E-state index in [1.54, 1.807) is 29.5 Å². The first kappa shape index (κ1) is 15.6. The molecule has 3 aromatic rings. The summed E-state index contributed by atoms with van der Waals surface area (Å²) < 4.78 is 0. The van der Waals surface area contributed by atoms with Crippen molar-refractivity contribution in [1.82, 2.24) is 0 Å². The van der Waals surface area contributed by atoms with Crippen molar-refractivity contribution in [2.75, 3.05) is 11.1 Å². The molecule has 1 heterocycles. The predicted octanol–water partition coefficient (Wildman–Crippen LogP) is 3.92. The number of thiophene rings is 1. The van der Waals surface area contributed by atoms with Gasteiger partial charge in [0.05, 0.1) is 11.4 Å². The van der Waals surface area contributed by atoms with Crippen LogP contribution in [0, 0.1) is 0 Å². The third-order valence-electron chi connectivity index (χ3n) is 4.35. The second-order valence-corrected chi connectivity index (χ2v) is 7.06. The largest absolute Gasteiger partial charge is 0.397 e. The number of hydrogen-bond donors (Lipinski definition) is 2. The van der Waals surface area contributed by atoms with Crippen molar-refractivity contribution < 1.29 is 9.59 Å². The summed E-state index contributed by atoms with van der Waals surface area (Å²) in [6, 6.07) is 15.1. The Morgan fingerprint density at radius 3 is 2.68 bits per heavy atom. The van der Waals surface area contributed by atoms with Crippen molar-refractivity contribution >= 4 is 34.4 Å². The lowest BCUT2D eigenvalue weighted by Gasteiger charge is -2.11. The number of anilines is 2.